The molecule has 164 valence electrons. The molecule has 0 bridgehead atoms. The molecule has 10 heteroatoms. The zero-order valence-corrected chi connectivity index (χ0v) is 17.9. The van der Waals surface area contributed by atoms with Crippen LogP contribution in [0.2, 0.25) is 5.02 Å². The molecule has 1 aliphatic heterocycles. The highest BCUT2D eigenvalue weighted by Gasteiger charge is 2.34. The molecule has 0 aromatic carbocycles. The van der Waals surface area contributed by atoms with Crippen LogP contribution in [0, 0.1) is 0 Å². The van der Waals surface area contributed by atoms with Gasteiger partial charge in [-0.2, -0.15) is 10.2 Å². The van der Waals surface area contributed by atoms with Crippen LogP contribution in [0.15, 0.2) is 18.5 Å². The van der Waals surface area contributed by atoms with Crippen LogP contribution >= 0.6 is 11.6 Å². The molecule has 7 nitrogen and oxygen atoms in total. The molecular weight excluding hydrogens is 426 g/mol. The number of halogens is 3. The second kappa shape index (κ2) is 7.85. The van der Waals surface area contributed by atoms with Gasteiger partial charge in [0.15, 0.2) is 5.65 Å². The third-order valence-corrected chi connectivity index (χ3v) is 6.53. The first-order valence-electron chi connectivity index (χ1n) is 10.6. The van der Waals surface area contributed by atoms with Crippen molar-refractivity contribution in [3.63, 3.8) is 0 Å². The van der Waals surface area contributed by atoms with Gasteiger partial charge < -0.3 is 4.90 Å². The Hall–Kier alpha value is -2.55. The summed E-state index contributed by atoms with van der Waals surface area (Å²) in [4.78, 5) is 20.1. The Bertz CT molecular complexity index is 1120. The largest absolute Gasteiger partial charge is 0.330 e. The van der Waals surface area contributed by atoms with Crippen LogP contribution in [0.4, 0.5) is 8.78 Å². The Morgan fingerprint density at radius 3 is 2.65 bits per heavy atom. The number of fused-ring (bicyclic) bond motifs is 1. The Labute approximate surface area is 183 Å². The monoisotopic (exact) mass is 448 g/mol. The van der Waals surface area contributed by atoms with Gasteiger partial charge in [0.05, 0.1) is 29.2 Å². The lowest BCUT2D eigenvalue weighted by Crippen LogP contribution is -2.36. The Morgan fingerprint density at radius 2 is 1.97 bits per heavy atom. The highest BCUT2D eigenvalue weighted by Crippen LogP contribution is 2.41. The molecule has 1 amide bonds. The molecule has 3 aromatic rings. The number of rotatable bonds is 4. The first kappa shape index (κ1) is 20.4. The summed E-state index contributed by atoms with van der Waals surface area (Å²) in [6.45, 7) is 0.548. The molecule has 2 fully saturated rings. The van der Waals surface area contributed by atoms with Crippen LogP contribution in [-0.2, 0) is 7.05 Å². The summed E-state index contributed by atoms with van der Waals surface area (Å²) in [6, 6.07) is 1.17. The van der Waals surface area contributed by atoms with Crippen molar-refractivity contribution in [3.05, 3.63) is 46.1 Å². The van der Waals surface area contributed by atoms with Crippen molar-refractivity contribution in [2.45, 2.75) is 56.9 Å². The second-order valence-electron chi connectivity index (χ2n) is 8.34. The van der Waals surface area contributed by atoms with E-state index in [1.54, 1.807) is 15.8 Å². The Morgan fingerprint density at radius 1 is 1.16 bits per heavy atom. The smallest absolute Gasteiger partial charge is 0.280 e. The number of carbonyl (C=O) groups excluding carboxylic acids is 1. The van der Waals surface area contributed by atoms with Gasteiger partial charge >= 0.3 is 0 Å². The number of carbonyl (C=O) groups is 1. The number of alkyl halides is 2. The van der Waals surface area contributed by atoms with E-state index in [1.165, 1.54) is 12.3 Å². The minimum atomic E-state index is -2.70. The first-order valence-corrected chi connectivity index (χ1v) is 11.0. The van der Waals surface area contributed by atoms with Gasteiger partial charge in [-0.05, 0) is 31.7 Å². The van der Waals surface area contributed by atoms with E-state index in [2.05, 4.69) is 15.2 Å². The molecule has 0 N–H and O–H groups in total. The van der Waals surface area contributed by atoms with Crippen molar-refractivity contribution in [3.8, 4) is 0 Å². The fourth-order valence-electron chi connectivity index (χ4n) is 4.49. The lowest BCUT2D eigenvalue weighted by atomic mass is 10.1. The maximum Gasteiger partial charge on any atom is 0.280 e. The Kier molecular flexibility index (Phi) is 5.16. The zero-order valence-electron chi connectivity index (χ0n) is 17.1. The summed E-state index contributed by atoms with van der Waals surface area (Å²) < 4.78 is 30.2. The third kappa shape index (κ3) is 3.58. The van der Waals surface area contributed by atoms with Crippen molar-refractivity contribution in [2.24, 2.45) is 7.05 Å². The van der Waals surface area contributed by atoms with Gasteiger partial charge in [0.25, 0.3) is 12.3 Å². The van der Waals surface area contributed by atoms with Gasteiger partial charge in [0, 0.05) is 25.2 Å². The summed E-state index contributed by atoms with van der Waals surface area (Å²) in [5, 5.41) is 8.85. The average molecular weight is 449 g/mol. The van der Waals surface area contributed by atoms with Crippen molar-refractivity contribution in [2.75, 3.05) is 6.54 Å². The minimum absolute atomic E-state index is 0.180. The van der Waals surface area contributed by atoms with Crippen LogP contribution < -0.4 is 0 Å². The van der Waals surface area contributed by atoms with E-state index >= 15 is 0 Å². The molecule has 1 saturated heterocycles. The fourth-order valence-corrected chi connectivity index (χ4v) is 4.78. The number of hydrogen-bond donors (Lipinski definition) is 0. The van der Waals surface area contributed by atoms with Gasteiger partial charge in [0.2, 0.25) is 0 Å². The number of amides is 1. The van der Waals surface area contributed by atoms with E-state index in [0.717, 1.165) is 48.7 Å². The van der Waals surface area contributed by atoms with E-state index in [0.29, 0.717) is 17.3 Å². The molecule has 1 atom stereocenters. The second-order valence-corrected chi connectivity index (χ2v) is 8.75. The molecule has 0 spiro atoms. The molecule has 4 heterocycles. The predicted molar refractivity (Wildman–Crippen MR) is 110 cm³/mol. The van der Waals surface area contributed by atoms with E-state index < -0.39 is 6.43 Å². The van der Waals surface area contributed by atoms with Gasteiger partial charge in [-0.15, -0.1) is 0 Å². The topological polar surface area (TPSA) is 68.3 Å². The number of likely N-dealkylation sites (tertiary alicyclic amines) is 1. The van der Waals surface area contributed by atoms with E-state index in [-0.39, 0.29) is 34.8 Å². The SMILES string of the molecule is Cn1ncc(Cl)c1C1CCCCCN1C(=O)c1cnn2c(C(F)F)cc(C3CC3)nc12. The maximum absolute atomic E-state index is 13.7. The lowest BCUT2D eigenvalue weighted by Gasteiger charge is -2.30. The lowest BCUT2D eigenvalue weighted by molar-refractivity contribution is 0.0675. The molecule has 0 radical (unpaired) electrons. The van der Waals surface area contributed by atoms with Crippen LogP contribution in [0.5, 0.6) is 0 Å². The molecular formula is C21H23ClF2N6O. The molecule has 5 rings (SSSR count). The van der Waals surface area contributed by atoms with E-state index in [1.807, 2.05) is 7.05 Å². The predicted octanol–water partition coefficient (Wildman–Crippen LogP) is 4.69. The van der Waals surface area contributed by atoms with Crippen molar-refractivity contribution in [1.29, 1.82) is 0 Å². The van der Waals surface area contributed by atoms with E-state index in [9.17, 15) is 13.6 Å². The van der Waals surface area contributed by atoms with Gasteiger partial charge in [-0.25, -0.2) is 18.3 Å². The normalized spacial score (nSPS) is 19.9. The number of aromatic nitrogens is 5. The quantitative estimate of drug-likeness (QED) is 0.580. The standard InChI is InChI=1S/C21H23ClF2N6O/c1-28-18(14(22)11-25-28)16-5-3-2-4-8-29(16)21(31)13-10-26-30-17(19(23)24)9-15(12-6-7-12)27-20(13)30/h9-12,16,19H,2-8H2,1H3. The summed E-state index contributed by atoms with van der Waals surface area (Å²) in [7, 11) is 1.81. The fraction of sp³-hybridized carbons (Fsp3) is 0.524. The molecule has 1 unspecified atom stereocenters. The van der Waals surface area contributed by atoms with Crippen molar-refractivity contribution >= 4 is 23.2 Å². The maximum atomic E-state index is 13.7. The summed E-state index contributed by atoms with van der Waals surface area (Å²) in [5.41, 5.74) is 1.61. The molecule has 1 aliphatic carbocycles. The van der Waals surface area contributed by atoms with Crippen LogP contribution in [0.25, 0.3) is 5.65 Å². The summed E-state index contributed by atoms with van der Waals surface area (Å²) in [6.07, 6.45) is 5.68. The third-order valence-electron chi connectivity index (χ3n) is 6.24. The highest BCUT2D eigenvalue weighted by atomic mass is 35.5. The van der Waals surface area contributed by atoms with Crippen LogP contribution in [0.1, 0.15) is 84.3 Å². The average Bonchev–Trinajstić information content (AvgIpc) is 3.48. The molecule has 1 saturated carbocycles. The molecule has 3 aromatic heterocycles. The zero-order chi connectivity index (χ0) is 21.7. The minimum Gasteiger partial charge on any atom is -0.330 e. The number of nitrogens with zero attached hydrogens (tertiary/aromatic N) is 6. The Balaban J connectivity index is 1.59. The number of aryl methyl sites for hydroxylation is 1. The molecule has 2 aliphatic rings. The summed E-state index contributed by atoms with van der Waals surface area (Å²) >= 11 is 6.41. The van der Waals surface area contributed by atoms with Crippen molar-refractivity contribution in [1.82, 2.24) is 29.3 Å². The van der Waals surface area contributed by atoms with Gasteiger partial charge in [-0.1, -0.05) is 24.4 Å². The number of hydrogen-bond acceptors (Lipinski definition) is 4. The van der Waals surface area contributed by atoms with Gasteiger partial charge in [0.1, 0.15) is 11.3 Å². The molecule has 31 heavy (non-hydrogen) atoms. The first-order chi connectivity index (χ1) is 15.0. The summed E-state index contributed by atoms with van der Waals surface area (Å²) in [5.74, 6) is -0.0839. The van der Waals surface area contributed by atoms with E-state index in [4.69, 9.17) is 11.6 Å². The van der Waals surface area contributed by atoms with Crippen LogP contribution in [-0.4, -0.2) is 41.7 Å². The van der Waals surface area contributed by atoms with Crippen molar-refractivity contribution < 1.29 is 13.6 Å². The van der Waals surface area contributed by atoms with Crippen LogP contribution in [0.3, 0.4) is 0 Å². The highest BCUT2D eigenvalue weighted by molar-refractivity contribution is 6.31. The van der Waals surface area contributed by atoms with Gasteiger partial charge in [-0.3, -0.25) is 9.48 Å².